The van der Waals surface area contributed by atoms with Gasteiger partial charge in [-0.2, -0.15) is 0 Å². The fourth-order valence-electron chi connectivity index (χ4n) is 2.75. The lowest BCUT2D eigenvalue weighted by molar-refractivity contribution is -0.144. The molecule has 5 nitrogen and oxygen atoms in total. The Labute approximate surface area is 125 Å². The molecule has 0 aromatic heterocycles. The zero-order valence-corrected chi connectivity index (χ0v) is 12.9. The standard InChI is InChI=1S/C16H23N3O2/c1-16(2)15(21)18(3)9-10-19(16)14(20)13-6-4-5-12(11-13)7-8-17/h4-6,11H,7-10,17H2,1-3H3. The molecule has 2 amide bonds. The molecule has 21 heavy (non-hydrogen) atoms. The largest absolute Gasteiger partial charge is 0.342 e. The summed E-state index contributed by atoms with van der Waals surface area (Å²) in [5, 5.41) is 0. The summed E-state index contributed by atoms with van der Waals surface area (Å²) in [5.74, 6) is -0.125. The van der Waals surface area contributed by atoms with Crippen LogP contribution in [0.1, 0.15) is 29.8 Å². The van der Waals surface area contributed by atoms with E-state index >= 15 is 0 Å². The minimum atomic E-state index is -0.812. The molecule has 0 saturated carbocycles. The monoisotopic (exact) mass is 289 g/mol. The summed E-state index contributed by atoms with van der Waals surface area (Å²) in [6.07, 6.45) is 0.742. The van der Waals surface area contributed by atoms with Crippen LogP contribution in [0.4, 0.5) is 0 Å². The molecule has 1 fully saturated rings. The number of likely N-dealkylation sites (N-methyl/N-ethyl adjacent to an activating group) is 1. The molecule has 1 aromatic rings. The van der Waals surface area contributed by atoms with Crippen molar-refractivity contribution in [1.29, 1.82) is 0 Å². The first-order valence-corrected chi connectivity index (χ1v) is 7.24. The van der Waals surface area contributed by atoms with Gasteiger partial charge in [0, 0.05) is 25.7 Å². The number of benzene rings is 1. The molecular weight excluding hydrogens is 266 g/mol. The van der Waals surface area contributed by atoms with Gasteiger partial charge in [0.05, 0.1) is 0 Å². The average Bonchev–Trinajstić information content (AvgIpc) is 2.45. The number of rotatable bonds is 3. The SMILES string of the molecule is CN1CCN(C(=O)c2cccc(CCN)c2)C(C)(C)C1=O. The van der Waals surface area contributed by atoms with Gasteiger partial charge in [-0.1, -0.05) is 12.1 Å². The summed E-state index contributed by atoms with van der Waals surface area (Å²) in [7, 11) is 1.77. The zero-order valence-electron chi connectivity index (χ0n) is 12.9. The molecule has 0 radical (unpaired) electrons. The third-order valence-corrected chi connectivity index (χ3v) is 4.06. The maximum Gasteiger partial charge on any atom is 0.254 e. The minimum absolute atomic E-state index is 0.0276. The topological polar surface area (TPSA) is 66.6 Å². The van der Waals surface area contributed by atoms with E-state index in [9.17, 15) is 9.59 Å². The van der Waals surface area contributed by atoms with Crippen LogP contribution < -0.4 is 5.73 Å². The summed E-state index contributed by atoms with van der Waals surface area (Å²) in [6, 6.07) is 7.49. The number of amides is 2. The normalized spacial score (nSPS) is 18.0. The fraction of sp³-hybridized carbons (Fsp3) is 0.500. The van der Waals surface area contributed by atoms with E-state index in [4.69, 9.17) is 5.73 Å². The van der Waals surface area contributed by atoms with E-state index in [0.717, 1.165) is 12.0 Å². The van der Waals surface area contributed by atoms with Crippen LogP contribution in [0.2, 0.25) is 0 Å². The Hall–Kier alpha value is -1.88. The van der Waals surface area contributed by atoms with Crippen LogP contribution in [0.3, 0.4) is 0 Å². The molecule has 0 aliphatic carbocycles. The van der Waals surface area contributed by atoms with E-state index in [1.165, 1.54) is 0 Å². The number of hydrogen-bond donors (Lipinski definition) is 1. The van der Waals surface area contributed by atoms with Crippen molar-refractivity contribution in [3.8, 4) is 0 Å². The Balaban J connectivity index is 2.27. The average molecular weight is 289 g/mol. The number of piperazine rings is 1. The Morgan fingerprint density at radius 1 is 1.33 bits per heavy atom. The highest BCUT2D eigenvalue weighted by Crippen LogP contribution is 2.24. The molecule has 0 atom stereocenters. The third-order valence-electron chi connectivity index (χ3n) is 4.06. The molecule has 1 aliphatic heterocycles. The van der Waals surface area contributed by atoms with Crippen molar-refractivity contribution < 1.29 is 9.59 Å². The lowest BCUT2D eigenvalue weighted by Crippen LogP contribution is -2.63. The Bertz CT molecular complexity index is 554. The lowest BCUT2D eigenvalue weighted by Gasteiger charge is -2.44. The Morgan fingerprint density at radius 3 is 2.71 bits per heavy atom. The molecule has 1 heterocycles. The van der Waals surface area contributed by atoms with Crippen LogP contribution in [0, 0.1) is 0 Å². The van der Waals surface area contributed by atoms with Gasteiger partial charge in [-0.3, -0.25) is 9.59 Å². The summed E-state index contributed by atoms with van der Waals surface area (Å²) in [4.78, 5) is 28.4. The number of nitrogens with zero attached hydrogens (tertiary/aromatic N) is 2. The van der Waals surface area contributed by atoms with Crippen LogP contribution in [0.15, 0.2) is 24.3 Å². The first-order valence-electron chi connectivity index (χ1n) is 7.24. The minimum Gasteiger partial charge on any atom is -0.342 e. The highest BCUT2D eigenvalue weighted by Gasteiger charge is 2.43. The van der Waals surface area contributed by atoms with Crippen LogP contribution in [0.25, 0.3) is 0 Å². The van der Waals surface area contributed by atoms with Gasteiger partial charge in [0.1, 0.15) is 5.54 Å². The molecule has 1 aromatic carbocycles. The molecule has 2 rings (SSSR count). The first-order chi connectivity index (χ1) is 9.87. The predicted molar refractivity (Wildman–Crippen MR) is 82.0 cm³/mol. The number of carbonyl (C=O) groups excluding carboxylic acids is 2. The van der Waals surface area contributed by atoms with Crippen LogP contribution in [-0.2, 0) is 11.2 Å². The second-order valence-electron chi connectivity index (χ2n) is 5.98. The van der Waals surface area contributed by atoms with Gasteiger partial charge in [-0.25, -0.2) is 0 Å². The van der Waals surface area contributed by atoms with Gasteiger partial charge < -0.3 is 15.5 Å². The van der Waals surface area contributed by atoms with E-state index < -0.39 is 5.54 Å². The van der Waals surface area contributed by atoms with Crippen molar-refractivity contribution in [2.45, 2.75) is 25.8 Å². The molecule has 5 heteroatoms. The summed E-state index contributed by atoms with van der Waals surface area (Å²) in [6.45, 7) is 5.26. The maximum absolute atomic E-state index is 12.7. The van der Waals surface area contributed by atoms with Crippen molar-refractivity contribution in [1.82, 2.24) is 9.80 Å². The molecule has 1 aliphatic rings. The van der Waals surface area contributed by atoms with Crippen molar-refractivity contribution in [2.75, 3.05) is 26.7 Å². The zero-order chi connectivity index (χ0) is 15.6. The third kappa shape index (κ3) is 2.93. The second-order valence-corrected chi connectivity index (χ2v) is 5.98. The summed E-state index contributed by atoms with van der Waals surface area (Å²) < 4.78 is 0. The summed E-state index contributed by atoms with van der Waals surface area (Å²) >= 11 is 0. The van der Waals surface area contributed by atoms with Crippen molar-refractivity contribution in [3.63, 3.8) is 0 Å². The first kappa shape index (κ1) is 15.5. The number of nitrogens with two attached hydrogens (primary N) is 1. The van der Waals surface area contributed by atoms with Gasteiger partial charge in [-0.05, 0) is 44.5 Å². The van der Waals surface area contributed by atoms with E-state index in [1.54, 1.807) is 36.8 Å². The van der Waals surface area contributed by atoms with E-state index in [2.05, 4.69) is 0 Å². The molecule has 0 unspecified atom stereocenters. The van der Waals surface area contributed by atoms with Gasteiger partial charge in [0.25, 0.3) is 5.91 Å². The van der Waals surface area contributed by atoms with E-state index in [-0.39, 0.29) is 11.8 Å². The highest BCUT2D eigenvalue weighted by molar-refractivity contribution is 5.99. The highest BCUT2D eigenvalue weighted by atomic mass is 16.2. The Kier molecular flexibility index (Phi) is 4.32. The van der Waals surface area contributed by atoms with Crippen LogP contribution >= 0.6 is 0 Å². The van der Waals surface area contributed by atoms with Gasteiger partial charge >= 0.3 is 0 Å². The quantitative estimate of drug-likeness (QED) is 0.898. The van der Waals surface area contributed by atoms with Crippen LogP contribution in [-0.4, -0.2) is 53.8 Å². The van der Waals surface area contributed by atoms with E-state index in [0.29, 0.717) is 25.2 Å². The number of carbonyl (C=O) groups is 2. The molecule has 1 saturated heterocycles. The Morgan fingerprint density at radius 2 is 2.05 bits per heavy atom. The smallest absolute Gasteiger partial charge is 0.254 e. The van der Waals surface area contributed by atoms with Crippen LogP contribution in [0.5, 0.6) is 0 Å². The van der Waals surface area contributed by atoms with Crippen molar-refractivity contribution in [2.24, 2.45) is 5.73 Å². The maximum atomic E-state index is 12.7. The van der Waals surface area contributed by atoms with Crippen molar-refractivity contribution in [3.05, 3.63) is 35.4 Å². The predicted octanol–water partition coefficient (Wildman–Crippen LogP) is 0.881. The molecular formula is C16H23N3O2. The molecule has 0 bridgehead atoms. The fourth-order valence-corrected chi connectivity index (χ4v) is 2.75. The molecule has 114 valence electrons. The summed E-state index contributed by atoms with van der Waals surface area (Å²) in [5.41, 5.74) is 6.41. The lowest BCUT2D eigenvalue weighted by atomic mass is 9.96. The van der Waals surface area contributed by atoms with Gasteiger partial charge in [-0.15, -0.1) is 0 Å². The van der Waals surface area contributed by atoms with Gasteiger partial charge in [0.15, 0.2) is 0 Å². The van der Waals surface area contributed by atoms with E-state index in [1.807, 2.05) is 18.2 Å². The van der Waals surface area contributed by atoms with Crippen molar-refractivity contribution >= 4 is 11.8 Å². The molecule has 2 N–H and O–H groups in total. The number of hydrogen-bond acceptors (Lipinski definition) is 3. The molecule has 0 spiro atoms. The second kappa shape index (κ2) is 5.85. The van der Waals surface area contributed by atoms with Gasteiger partial charge in [0.2, 0.25) is 5.91 Å².